The van der Waals surface area contributed by atoms with Gasteiger partial charge in [-0.05, 0) is 66.8 Å². The summed E-state index contributed by atoms with van der Waals surface area (Å²) >= 11 is 12.4. The zero-order valence-corrected chi connectivity index (χ0v) is 25.5. The predicted molar refractivity (Wildman–Crippen MR) is 162 cm³/mol. The minimum absolute atomic E-state index is 0.0250. The van der Waals surface area contributed by atoms with Gasteiger partial charge >= 0.3 is 0 Å². The Labute approximate surface area is 247 Å². The second kappa shape index (κ2) is 14.0. The van der Waals surface area contributed by atoms with Crippen LogP contribution in [0, 0.1) is 13.8 Å². The molecule has 0 fully saturated rings. The number of halogens is 2. The molecule has 3 aromatic rings. The van der Waals surface area contributed by atoms with Gasteiger partial charge in [-0.1, -0.05) is 72.6 Å². The maximum absolute atomic E-state index is 14.1. The monoisotopic (exact) mass is 603 g/mol. The van der Waals surface area contributed by atoms with Crippen molar-refractivity contribution in [1.82, 2.24) is 10.2 Å². The summed E-state index contributed by atoms with van der Waals surface area (Å²) in [6.45, 7) is 5.66. The number of hydrogen-bond acceptors (Lipinski definition) is 4. The molecule has 10 heteroatoms. The Kier molecular flexibility index (Phi) is 11.0. The molecule has 3 rings (SSSR count). The summed E-state index contributed by atoms with van der Waals surface area (Å²) in [5, 5.41) is 3.59. The van der Waals surface area contributed by atoms with Gasteiger partial charge in [-0.15, -0.1) is 0 Å². The van der Waals surface area contributed by atoms with E-state index >= 15 is 0 Å². The van der Waals surface area contributed by atoms with Crippen LogP contribution in [0.25, 0.3) is 0 Å². The van der Waals surface area contributed by atoms with Crippen molar-refractivity contribution in [2.24, 2.45) is 0 Å². The Morgan fingerprint density at radius 3 is 2.12 bits per heavy atom. The lowest BCUT2D eigenvalue weighted by atomic mass is 10.0. The number of amides is 2. The number of rotatable bonds is 12. The molecule has 1 N–H and O–H groups in total. The highest BCUT2D eigenvalue weighted by Crippen LogP contribution is 2.26. The Morgan fingerprint density at radius 1 is 0.900 bits per heavy atom. The van der Waals surface area contributed by atoms with Gasteiger partial charge in [0.1, 0.15) is 12.6 Å². The molecule has 0 heterocycles. The van der Waals surface area contributed by atoms with E-state index in [9.17, 15) is 18.0 Å². The summed E-state index contributed by atoms with van der Waals surface area (Å²) in [6, 6.07) is 18.9. The molecule has 1 unspecified atom stereocenters. The molecule has 0 aliphatic heterocycles. The maximum Gasteiger partial charge on any atom is 0.244 e. The number of sulfonamides is 1. The van der Waals surface area contributed by atoms with E-state index in [0.717, 1.165) is 33.7 Å². The van der Waals surface area contributed by atoms with Gasteiger partial charge in [-0.25, -0.2) is 8.42 Å². The second-order valence-electron chi connectivity index (χ2n) is 9.88. The first-order valence-electron chi connectivity index (χ1n) is 13.0. The highest BCUT2D eigenvalue weighted by molar-refractivity contribution is 7.92. The van der Waals surface area contributed by atoms with Crippen molar-refractivity contribution < 1.29 is 18.0 Å². The topological polar surface area (TPSA) is 86.8 Å². The van der Waals surface area contributed by atoms with E-state index in [4.69, 9.17) is 23.2 Å². The average Bonchev–Trinajstić information content (AvgIpc) is 2.89. The van der Waals surface area contributed by atoms with Gasteiger partial charge in [0.25, 0.3) is 0 Å². The van der Waals surface area contributed by atoms with E-state index in [1.165, 1.54) is 4.90 Å². The summed E-state index contributed by atoms with van der Waals surface area (Å²) in [4.78, 5) is 29.0. The van der Waals surface area contributed by atoms with Gasteiger partial charge in [0.15, 0.2) is 0 Å². The second-order valence-corrected chi connectivity index (χ2v) is 12.6. The molecule has 214 valence electrons. The summed E-state index contributed by atoms with van der Waals surface area (Å²) in [5.74, 6) is -0.848. The number of anilines is 1. The Balaban J connectivity index is 2.08. The van der Waals surface area contributed by atoms with Gasteiger partial charge in [0.05, 0.1) is 22.0 Å². The van der Waals surface area contributed by atoms with Crippen molar-refractivity contribution in [2.75, 3.05) is 23.7 Å². The molecule has 7 nitrogen and oxygen atoms in total. The summed E-state index contributed by atoms with van der Waals surface area (Å²) < 4.78 is 26.9. The lowest BCUT2D eigenvalue weighted by Crippen LogP contribution is -2.53. The molecule has 0 aliphatic carbocycles. The molecule has 0 saturated heterocycles. The van der Waals surface area contributed by atoms with Crippen molar-refractivity contribution >= 4 is 50.7 Å². The van der Waals surface area contributed by atoms with Crippen LogP contribution in [0.5, 0.6) is 0 Å². The third-order valence-corrected chi connectivity index (χ3v) is 8.21. The van der Waals surface area contributed by atoms with Crippen molar-refractivity contribution in [3.05, 3.63) is 99.0 Å². The fraction of sp³-hybridized carbons (Fsp3) is 0.333. The van der Waals surface area contributed by atoms with Gasteiger partial charge in [0, 0.05) is 19.5 Å². The van der Waals surface area contributed by atoms with E-state index in [0.29, 0.717) is 27.8 Å². The van der Waals surface area contributed by atoms with Crippen LogP contribution in [0.3, 0.4) is 0 Å². The van der Waals surface area contributed by atoms with Crippen molar-refractivity contribution in [2.45, 2.75) is 46.2 Å². The fourth-order valence-electron chi connectivity index (χ4n) is 4.46. The third kappa shape index (κ3) is 8.71. The first-order chi connectivity index (χ1) is 18.9. The van der Waals surface area contributed by atoms with Crippen LogP contribution in [0.15, 0.2) is 66.7 Å². The quantitative estimate of drug-likeness (QED) is 0.294. The molecule has 0 bridgehead atoms. The minimum atomic E-state index is -3.84. The number of benzene rings is 3. The standard InChI is InChI=1S/C30H35Cl2N3O4S/c1-5-13-33-30(37)28(18-23-9-7-6-8-10-23)34(19-24-11-12-26(31)27(32)17-24)29(36)20-35(40(4,38)39)25-15-21(2)14-22(3)16-25/h6-12,14-17,28H,5,13,18-20H2,1-4H3,(H,33,37). The normalized spacial score (nSPS) is 12.1. The fourth-order valence-corrected chi connectivity index (χ4v) is 5.62. The van der Waals surface area contributed by atoms with E-state index in [1.54, 1.807) is 30.3 Å². The number of carbonyl (C=O) groups is 2. The van der Waals surface area contributed by atoms with E-state index < -0.39 is 28.5 Å². The van der Waals surface area contributed by atoms with Crippen molar-refractivity contribution in [3.63, 3.8) is 0 Å². The molecular formula is C30H35Cl2N3O4S. The zero-order chi connectivity index (χ0) is 29.4. The summed E-state index contributed by atoms with van der Waals surface area (Å²) in [6.07, 6.45) is 2.03. The summed E-state index contributed by atoms with van der Waals surface area (Å²) in [7, 11) is -3.84. The van der Waals surface area contributed by atoms with Gasteiger partial charge in [0.2, 0.25) is 21.8 Å². The molecule has 0 spiro atoms. The first kappa shape index (κ1) is 31.5. The third-order valence-electron chi connectivity index (χ3n) is 6.33. The molecule has 3 aromatic carbocycles. The van der Waals surface area contributed by atoms with Gasteiger partial charge in [-0.2, -0.15) is 0 Å². The first-order valence-corrected chi connectivity index (χ1v) is 15.6. The molecule has 0 saturated carbocycles. The number of aryl methyl sites for hydroxylation is 2. The lowest BCUT2D eigenvalue weighted by molar-refractivity contribution is -0.140. The predicted octanol–water partition coefficient (Wildman–Crippen LogP) is 5.54. The van der Waals surface area contributed by atoms with Crippen LogP contribution in [-0.2, 0) is 32.6 Å². The molecule has 2 amide bonds. The molecule has 1 atom stereocenters. The number of carbonyl (C=O) groups excluding carboxylic acids is 2. The van der Waals surface area contributed by atoms with Crippen LogP contribution in [0.4, 0.5) is 5.69 Å². The molecule has 0 aromatic heterocycles. The highest BCUT2D eigenvalue weighted by atomic mass is 35.5. The highest BCUT2D eigenvalue weighted by Gasteiger charge is 2.33. The number of nitrogens with zero attached hydrogens (tertiary/aromatic N) is 2. The molecule has 40 heavy (non-hydrogen) atoms. The van der Waals surface area contributed by atoms with Crippen LogP contribution in [0.2, 0.25) is 10.0 Å². The lowest BCUT2D eigenvalue weighted by Gasteiger charge is -2.33. The Hall–Kier alpha value is -3.07. The van der Waals surface area contributed by atoms with Gasteiger partial charge < -0.3 is 10.2 Å². The minimum Gasteiger partial charge on any atom is -0.354 e. The maximum atomic E-state index is 14.1. The SMILES string of the molecule is CCCNC(=O)C(Cc1ccccc1)N(Cc1ccc(Cl)c(Cl)c1)C(=O)CN(c1cc(C)cc(C)c1)S(C)(=O)=O. The molecule has 0 aliphatic rings. The zero-order valence-electron chi connectivity index (χ0n) is 23.2. The van der Waals surface area contributed by atoms with Crippen LogP contribution >= 0.6 is 23.2 Å². The Morgan fingerprint density at radius 2 is 1.55 bits per heavy atom. The van der Waals surface area contributed by atoms with Crippen LogP contribution < -0.4 is 9.62 Å². The van der Waals surface area contributed by atoms with E-state index in [1.807, 2.05) is 57.2 Å². The number of nitrogens with one attached hydrogen (secondary N) is 1. The molecular weight excluding hydrogens is 569 g/mol. The largest absolute Gasteiger partial charge is 0.354 e. The Bertz CT molecular complexity index is 1430. The number of hydrogen-bond donors (Lipinski definition) is 1. The van der Waals surface area contributed by atoms with Crippen LogP contribution in [0.1, 0.15) is 35.6 Å². The molecule has 0 radical (unpaired) electrons. The smallest absolute Gasteiger partial charge is 0.244 e. The average molecular weight is 605 g/mol. The van der Waals surface area contributed by atoms with E-state index in [2.05, 4.69) is 5.32 Å². The van der Waals surface area contributed by atoms with Crippen molar-refractivity contribution in [3.8, 4) is 0 Å². The van der Waals surface area contributed by atoms with Crippen LogP contribution in [-0.4, -0.2) is 50.5 Å². The summed E-state index contributed by atoms with van der Waals surface area (Å²) in [5.41, 5.74) is 3.63. The van der Waals surface area contributed by atoms with E-state index in [-0.39, 0.29) is 18.9 Å². The van der Waals surface area contributed by atoms with Crippen molar-refractivity contribution in [1.29, 1.82) is 0 Å². The van der Waals surface area contributed by atoms with Gasteiger partial charge in [-0.3, -0.25) is 13.9 Å².